The third kappa shape index (κ3) is 3.57. The Morgan fingerprint density at radius 1 is 1.23 bits per heavy atom. The molecule has 22 heavy (non-hydrogen) atoms. The minimum atomic E-state index is -0.327. The molecule has 0 aliphatic rings. The Labute approximate surface area is 134 Å². The third-order valence-electron chi connectivity index (χ3n) is 3.71. The van der Waals surface area contributed by atoms with Gasteiger partial charge in [-0.25, -0.2) is 0 Å². The molecule has 1 aromatic heterocycles. The van der Waals surface area contributed by atoms with Crippen LogP contribution in [0, 0.1) is 13.8 Å². The number of carbonyl (C=O) groups excluding carboxylic acids is 1. The minimum Gasteiger partial charge on any atom is -0.352 e. The molecule has 1 aromatic carbocycles. The molecule has 0 saturated carbocycles. The number of halogens is 1. The quantitative estimate of drug-likeness (QED) is 0.942. The van der Waals surface area contributed by atoms with Gasteiger partial charge in [0.15, 0.2) is 0 Å². The van der Waals surface area contributed by atoms with Gasteiger partial charge in [0.25, 0.3) is 11.5 Å². The molecule has 4 nitrogen and oxygen atoms in total. The molecule has 1 amide bonds. The number of rotatable bonds is 4. The zero-order chi connectivity index (χ0) is 16.3. The van der Waals surface area contributed by atoms with Crippen LogP contribution in [0.25, 0.3) is 0 Å². The van der Waals surface area contributed by atoms with E-state index in [1.165, 1.54) is 4.57 Å². The van der Waals surface area contributed by atoms with Crippen molar-refractivity contribution in [1.29, 1.82) is 0 Å². The van der Waals surface area contributed by atoms with Gasteiger partial charge in [-0.3, -0.25) is 9.59 Å². The summed E-state index contributed by atoms with van der Waals surface area (Å²) in [6, 6.07) is 9.32. The van der Waals surface area contributed by atoms with Crippen LogP contribution in [0.1, 0.15) is 27.2 Å². The van der Waals surface area contributed by atoms with E-state index in [0.29, 0.717) is 23.6 Å². The average molecular weight is 319 g/mol. The maximum absolute atomic E-state index is 12.2. The summed E-state index contributed by atoms with van der Waals surface area (Å²) in [5.41, 5.74) is 2.56. The molecule has 1 N–H and O–H groups in total. The van der Waals surface area contributed by atoms with E-state index in [1.807, 2.05) is 37.3 Å². The molecule has 0 unspecified atom stereocenters. The van der Waals surface area contributed by atoms with Crippen LogP contribution in [0.4, 0.5) is 0 Å². The lowest BCUT2D eigenvalue weighted by Crippen LogP contribution is -2.35. The Morgan fingerprint density at radius 3 is 2.50 bits per heavy atom. The molecule has 2 rings (SSSR count). The van der Waals surface area contributed by atoms with Crippen LogP contribution in [-0.2, 0) is 13.5 Å². The predicted octanol–water partition coefficient (Wildman–Crippen LogP) is 2.63. The first-order valence-electron chi connectivity index (χ1n) is 7.10. The van der Waals surface area contributed by atoms with Crippen molar-refractivity contribution in [2.45, 2.75) is 20.3 Å². The Kier molecular flexibility index (Phi) is 5.03. The zero-order valence-electron chi connectivity index (χ0n) is 12.9. The van der Waals surface area contributed by atoms with Gasteiger partial charge in [-0.05, 0) is 49.6 Å². The van der Waals surface area contributed by atoms with Gasteiger partial charge in [0.1, 0.15) is 5.56 Å². The average Bonchev–Trinajstić information content (AvgIpc) is 2.47. The lowest BCUT2D eigenvalue weighted by Gasteiger charge is -2.11. The highest BCUT2D eigenvalue weighted by Gasteiger charge is 2.15. The first-order valence-corrected chi connectivity index (χ1v) is 7.48. The van der Waals surface area contributed by atoms with Crippen molar-refractivity contribution in [2.75, 3.05) is 6.54 Å². The first kappa shape index (κ1) is 16.3. The molecule has 0 fully saturated rings. The summed E-state index contributed by atoms with van der Waals surface area (Å²) in [6.45, 7) is 4.09. The number of pyridine rings is 1. The molecule has 0 spiro atoms. The first-order chi connectivity index (χ1) is 10.4. The lowest BCUT2D eigenvalue weighted by atomic mass is 10.1. The number of hydrogen-bond acceptors (Lipinski definition) is 2. The fraction of sp³-hybridized carbons (Fsp3) is 0.294. The summed E-state index contributed by atoms with van der Waals surface area (Å²) >= 11 is 5.83. The zero-order valence-corrected chi connectivity index (χ0v) is 13.7. The molecule has 0 radical (unpaired) electrons. The van der Waals surface area contributed by atoms with Crippen LogP contribution in [-0.4, -0.2) is 17.0 Å². The van der Waals surface area contributed by atoms with E-state index in [2.05, 4.69) is 5.32 Å². The van der Waals surface area contributed by atoms with Crippen molar-refractivity contribution in [1.82, 2.24) is 9.88 Å². The smallest absolute Gasteiger partial charge is 0.263 e. The van der Waals surface area contributed by atoms with Crippen LogP contribution in [0.15, 0.2) is 35.1 Å². The number of aryl methyl sites for hydroxylation is 2. The van der Waals surface area contributed by atoms with E-state index in [-0.39, 0.29) is 17.0 Å². The maximum atomic E-state index is 12.2. The van der Waals surface area contributed by atoms with Crippen molar-refractivity contribution < 1.29 is 4.79 Å². The molecule has 0 atom stereocenters. The Balaban J connectivity index is 2.06. The molecule has 2 aromatic rings. The number of aromatic nitrogens is 1. The topological polar surface area (TPSA) is 51.1 Å². The molecule has 5 heteroatoms. The maximum Gasteiger partial charge on any atom is 0.263 e. The van der Waals surface area contributed by atoms with Crippen LogP contribution < -0.4 is 10.9 Å². The summed E-state index contributed by atoms with van der Waals surface area (Å²) in [5, 5.41) is 3.49. The van der Waals surface area contributed by atoms with Crippen LogP contribution >= 0.6 is 11.6 Å². The monoisotopic (exact) mass is 318 g/mol. The van der Waals surface area contributed by atoms with Gasteiger partial charge in [-0.1, -0.05) is 23.7 Å². The highest BCUT2D eigenvalue weighted by molar-refractivity contribution is 6.30. The number of nitrogens with one attached hydrogen (secondary N) is 1. The van der Waals surface area contributed by atoms with E-state index in [4.69, 9.17) is 11.6 Å². The molecule has 0 saturated heterocycles. The highest BCUT2D eigenvalue weighted by atomic mass is 35.5. The number of hydrogen-bond donors (Lipinski definition) is 1. The number of amides is 1. The minimum absolute atomic E-state index is 0.212. The second kappa shape index (κ2) is 6.79. The molecular weight excluding hydrogens is 300 g/mol. The number of carbonyl (C=O) groups is 1. The van der Waals surface area contributed by atoms with Crippen LogP contribution in [0.5, 0.6) is 0 Å². The second-order valence-electron chi connectivity index (χ2n) is 5.34. The number of benzene rings is 1. The Morgan fingerprint density at radius 2 is 1.86 bits per heavy atom. The lowest BCUT2D eigenvalue weighted by molar-refractivity contribution is 0.0951. The molecule has 1 heterocycles. The highest BCUT2D eigenvalue weighted by Crippen LogP contribution is 2.10. The molecule has 116 valence electrons. The van der Waals surface area contributed by atoms with Gasteiger partial charge < -0.3 is 9.88 Å². The fourth-order valence-corrected chi connectivity index (χ4v) is 2.44. The normalized spacial score (nSPS) is 10.5. The molecule has 0 aliphatic heterocycles. The summed E-state index contributed by atoms with van der Waals surface area (Å²) in [7, 11) is 1.67. The van der Waals surface area contributed by atoms with Crippen molar-refractivity contribution in [3.63, 3.8) is 0 Å². The van der Waals surface area contributed by atoms with Gasteiger partial charge in [0.2, 0.25) is 0 Å². The summed E-state index contributed by atoms with van der Waals surface area (Å²) in [5.74, 6) is -0.327. The van der Waals surface area contributed by atoms with Crippen LogP contribution in [0.3, 0.4) is 0 Å². The van der Waals surface area contributed by atoms with E-state index in [1.54, 1.807) is 14.0 Å². The third-order valence-corrected chi connectivity index (χ3v) is 3.96. The van der Waals surface area contributed by atoms with E-state index in [0.717, 1.165) is 11.3 Å². The Bertz CT molecular complexity index is 748. The van der Waals surface area contributed by atoms with Crippen molar-refractivity contribution >= 4 is 17.5 Å². The molecular formula is C17H19ClN2O2. The van der Waals surface area contributed by atoms with Crippen LogP contribution in [0.2, 0.25) is 5.02 Å². The summed E-state index contributed by atoms with van der Waals surface area (Å²) in [6.07, 6.45) is 0.689. The summed E-state index contributed by atoms with van der Waals surface area (Å²) < 4.78 is 1.49. The van der Waals surface area contributed by atoms with Gasteiger partial charge in [0.05, 0.1) is 0 Å². The second-order valence-corrected chi connectivity index (χ2v) is 5.78. The fourth-order valence-electron chi connectivity index (χ4n) is 2.31. The summed E-state index contributed by atoms with van der Waals surface area (Å²) in [4.78, 5) is 24.5. The molecule has 0 aliphatic carbocycles. The van der Waals surface area contributed by atoms with Crippen molar-refractivity contribution in [3.8, 4) is 0 Å². The predicted molar refractivity (Wildman–Crippen MR) is 88.6 cm³/mol. The largest absolute Gasteiger partial charge is 0.352 e. The molecule has 0 bridgehead atoms. The van der Waals surface area contributed by atoms with Gasteiger partial charge in [0, 0.05) is 24.3 Å². The Hall–Kier alpha value is -2.07. The SMILES string of the molecule is Cc1cc(C)n(C)c(=O)c1C(=O)NCCc1ccc(Cl)cc1. The van der Waals surface area contributed by atoms with E-state index >= 15 is 0 Å². The standard InChI is InChI=1S/C17H19ClN2O2/c1-11-10-12(2)20(3)17(22)15(11)16(21)19-9-8-13-4-6-14(18)7-5-13/h4-7,10H,8-9H2,1-3H3,(H,19,21). The van der Waals surface area contributed by atoms with Gasteiger partial charge in [-0.15, -0.1) is 0 Å². The van der Waals surface area contributed by atoms with Gasteiger partial charge >= 0.3 is 0 Å². The van der Waals surface area contributed by atoms with E-state index < -0.39 is 0 Å². The van der Waals surface area contributed by atoms with Crippen molar-refractivity contribution in [3.05, 3.63) is 68.1 Å². The van der Waals surface area contributed by atoms with Gasteiger partial charge in [-0.2, -0.15) is 0 Å². The number of nitrogens with zero attached hydrogens (tertiary/aromatic N) is 1. The van der Waals surface area contributed by atoms with Crippen molar-refractivity contribution in [2.24, 2.45) is 7.05 Å². The van der Waals surface area contributed by atoms with E-state index in [9.17, 15) is 9.59 Å².